The Morgan fingerprint density at radius 1 is 1.32 bits per heavy atom. The second-order valence-electron chi connectivity index (χ2n) is 4.23. The van der Waals surface area contributed by atoms with Crippen molar-refractivity contribution in [2.45, 2.75) is 18.9 Å². The van der Waals surface area contributed by atoms with E-state index in [4.69, 9.17) is 9.47 Å². The summed E-state index contributed by atoms with van der Waals surface area (Å²) < 4.78 is 10.0. The topological polar surface area (TPSA) is 90.7 Å². The van der Waals surface area contributed by atoms with Crippen LogP contribution in [0.2, 0.25) is 0 Å². The maximum absolute atomic E-state index is 12.0. The predicted molar refractivity (Wildman–Crippen MR) is 66.7 cm³/mol. The molecule has 7 heteroatoms. The zero-order valence-electron chi connectivity index (χ0n) is 10.6. The van der Waals surface area contributed by atoms with Gasteiger partial charge in [-0.15, -0.1) is 0 Å². The summed E-state index contributed by atoms with van der Waals surface area (Å²) in [5, 5.41) is 13.7. The van der Waals surface area contributed by atoms with E-state index in [1.807, 2.05) is 0 Å². The molecule has 1 aromatic rings. The summed E-state index contributed by atoms with van der Waals surface area (Å²) >= 11 is 0. The van der Waals surface area contributed by atoms with Crippen molar-refractivity contribution in [1.29, 1.82) is 0 Å². The minimum Gasteiger partial charge on any atom is -0.493 e. The molecule has 102 valence electrons. The number of hydrogen-bond donors (Lipinski definition) is 1. The SMILES string of the molecule is COc1cc(C(=O)NC2CC2)c([N+](=O)[O-])cc1OC. The zero-order valence-corrected chi connectivity index (χ0v) is 10.6. The van der Waals surface area contributed by atoms with Crippen LogP contribution >= 0.6 is 0 Å². The average molecular weight is 266 g/mol. The van der Waals surface area contributed by atoms with Gasteiger partial charge in [0.2, 0.25) is 0 Å². The maximum Gasteiger partial charge on any atom is 0.286 e. The van der Waals surface area contributed by atoms with Crippen LogP contribution in [0.1, 0.15) is 23.2 Å². The summed E-state index contributed by atoms with van der Waals surface area (Å²) in [6, 6.07) is 2.65. The lowest BCUT2D eigenvalue weighted by atomic mass is 10.1. The number of nitro groups is 1. The van der Waals surface area contributed by atoms with Gasteiger partial charge in [-0.25, -0.2) is 0 Å². The van der Waals surface area contributed by atoms with E-state index < -0.39 is 10.8 Å². The summed E-state index contributed by atoms with van der Waals surface area (Å²) in [7, 11) is 2.79. The van der Waals surface area contributed by atoms with Crippen LogP contribution in [0.3, 0.4) is 0 Å². The van der Waals surface area contributed by atoms with Crippen LogP contribution in [0.25, 0.3) is 0 Å². The molecular formula is C12H14N2O5. The van der Waals surface area contributed by atoms with Gasteiger partial charge in [-0.05, 0) is 12.8 Å². The highest BCUT2D eigenvalue weighted by Crippen LogP contribution is 2.34. The van der Waals surface area contributed by atoms with E-state index in [-0.39, 0.29) is 28.8 Å². The summed E-state index contributed by atoms with van der Waals surface area (Å²) in [6.07, 6.45) is 1.82. The Labute approximate surface area is 109 Å². The molecular weight excluding hydrogens is 252 g/mol. The largest absolute Gasteiger partial charge is 0.493 e. The highest BCUT2D eigenvalue weighted by Gasteiger charge is 2.29. The van der Waals surface area contributed by atoms with E-state index in [1.54, 1.807) is 0 Å². The van der Waals surface area contributed by atoms with Crippen molar-refractivity contribution < 1.29 is 19.2 Å². The standard InChI is InChI=1S/C12H14N2O5/c1-18-10-5-8(12(15)13-7-3-4-7)9(14(16)17)6-11(10)19-2/h5-7H,3-4H2,1-2H3,(H,13,15). The molecule has 7 nitrogen and oxygen atoms in total. The Bertz CT molecular complexity index is 525. The van der Waals surface area contributed by atoms with Crippen molar-refractivity contribution in [3.8, 4) is 11.5 Å². The number of carbonyl (C=O) groups excluding carboxylic acids is 1. The number of nitro benzene ring substituents is 1. The van der Waals surface area contributed by atoms with Gasteiger partial charge in [0, 0.05) is 12.1 Å². The van der Waals surface area contributed by atoms with Crippen LogP contribution in [-0.4, -0.2) is 31.1 Å². The van der Waals surface area contributed by atoms with E-state index in [0.29, 0.717) is 0 Å². The number of ether oxygens (including phenoxy) is 2. The maximum atomic E-state index is 12.0. The van der Waals surface area contributed by atoms with Crippen molar-refractivity contribution in [3.05, 3.63) is 27.8 Å². The first-order valence-electron chi connectivity index (χ1n) is 5.78. The molecule has 1 aliphatic rings. The smallest absolute Gasteiger partial charge is 0.286 e. The van der Waals surface area contributed by atoms with Crippen LogP contribution in [0.15, 0.2) is 12.1 Å². The Balaban J connectivity index is 2.43. The first-order valence-corrected chi connectivity index (χ1v) is 5.78. The fraction of sp³-hybridized carbons (Fsp3) is 0.417. The molecule has 0 heterocycles. The van der Waals surface area contributed by atoms with Gasteiger partial charge in [0.15, 0.2) is 11.5 Å². The van der Waals surface area contributed by atoms with Gasteiger partial charge >= 0.3 is 0 Å². The second kappa shape index (κ2) is 5.13. The van der Waals surface area contributed by atoms with Crippen molar-refractivity contribution in [2.24, 2.45) is 0 Å². The van der Waals surface area contributed by atoms with Gasteiger partial charge in [-0.3, -0.25) is 14.9 Å². The van der Waals surface area contributed by atoms with E-state index in [1.165, 1.54) is 26.4 Å². The first kappa shape index (κ1) is 13.1. The van der Waals surface area contributed by atoms with E-state index in [0.717, 1.165) is 12.8 Å². The van der Waals surface area contributed by atoms with Crippen LogP contribution in [0.4, 0.5) is 5.69 Å². The van der Waals surface area contributed by atoms with Crippen molar-refractivity contribution in [3.63, 3.8) is 0 Å². The number of hydrogen-bond acceptors (Lipinski definition) is 5. The van der Waals surface area contributed by atoms with Gasteiger partial charge < -0.3 is 14.8 Å². The summed E-state index contributed by atoms with van der Waals surface area (Å²) in [5.74, 6) is 0.0429. The van der Waals surface area contributed by atoms with E-state index >= 15 is 0 Å². The molecule has 0 aliphatic heterocycles. The Morgan fingerprint density at radius 3 is 2.37 bits per heavy atom. The van der Waals surface area contributed by atoms with E-state index in [2.05, 4.69) is 5.32 Å². The monoisotopic (exact) mass is 266 g/mol. The lowest BCUT2D eigenvalue weighted by molar-refractivity contribution is -0.385. The van der Waals surface area contributed by atoms with Crippen LogP contribution < -0.4 is 14.8 Å². The molecule has 0 saturated heterocycles. The lowest BCUT2D eigenvalue weighted by Crippen LogP contribution is -2.26. The molecule has 1 amide bonds. The third-order valence-corrected chi connectivity index (χ3v) is 2.86. The predicted octanol–water partition coefficient (Wildman–Crippen LogP) is 1.50. The molecule has 1 saturated carbocycles. The summed E-state index contributed by atoms with van der Waals surface area (Å²) in [6.45, 7) is 0. The Morgan fingerprint density at radius 2 is 1.89 bits per heavy atom. The molecule has 0 spiro atoms. The Kier molecular flexibility index (Phi) is 3.55. The summed E-state index contributed by atoms with van der Waals surface area (Å²) in [5.41, 5.74) is -0.314. The fourth-order valence-electron chi connectivity index (χ4n) is 1.69. The minimum atomic E-state index is -0.607. The number of nitrogens with one attached hydrogen (secondary N) is 1. The second-order valence-corrected chi connectivity index (χ2v) is 4.23. The van der Waals surface area contributed by atoms with Gasteiger partial charge in [-0.1, -0.05) is 0 Å². The van der Waals surface area contributed by atoms with Crippen molar-refractivity contribution in [1.82, 2.24) is 5.32 Å². The molecule has 0 bridgehead atoms. The van der Waals surface area contributed by atoms with Gasteiger partial charge in [0.1, 0.15) is 5.56 Å². The average Bonchev–Trinajstić information content (AvgIpc) is 3.20. The van der Waals surface area contributed by atoms with Gasteiger partial charge in [0.05, 0.1) is 25.2 Å². The lowest BCUT2D eigenvalue weighted by Gasteiger charge is -2.10. The molecule has 0 atom stereocenters. The van der Waals surface area contributed by atoms with Crippen molar-refractivity contribution >= 4 is 11.6 Å². The molecule has 0 radical (unpaired) electrons. The number of benzene rings is 1. The quantitative estimate of drug-likeness (QED) is 0.644. The molecule has 1 aliphatic carbocycles. The molecule has 1 aromatic carbocycles. The summed E-state index contributed by atoms with van der Waals surface area (Å²) in [4.78, 5) is 22.4. The minimum absolute atomic E-state index is 0.0189. The molecule has 1 N–H and O–H groups in total. The van der Waals surface area contributed by atoms with Crippen LogP contribution in [-0.2, 0) is 0 Å². The fourth-order valence-corrected chi connectivity index (χ4v) is 1.69. The highest BCUT2D eigenvalue weighted by atomic mass is 16.6. The first-order chi connectivity index (χ1) is 9.06. The molecule has 2 rings (SSSR count). The Hall–Kier alpha value is -2.31. The van der Waals surface area contributed by atoms with Gasteiger partial charge in [-0.2, -0.15) is 0 Å². The van der Waals surface area contributed by atoms with E-state index in [9.17, 15) is 14.9 Å². The molecule has 1 fully saturated rings. The van der Waals surface area contributed by atoms with Crippen LogP contribution in [0, 0.1) is 10.1 Å². The third-order valence-electron chi connectivity index (χ3n) is 2.86. The third kappa shape index (κ3) is 2.75. The number of nitrogens with zero attached hydrogens (tertiary/aromatic N) is 1. The number of carbonyl (C=O) groups is 1. The zero-order chi connectivity index (χ0) is 14.0. The molecule has 0 aromatic heterocycles. The normalized spacial score (nSPS) is 13.8. The number of amides is 1. The molecule has 19 heavy (non-hydrogen) atoms. The molecule has 0 unspecified atom stereocenters. The van der Waals surface area contributed by atoms with Crippen molar-refractivity contribution in [2.75, 3.05) is 14.2 Å². The van der Waals surface area contributed by atoms with Crippen LogP contribution in [0.5, 0.6) is 11.5 Å². The number of methoxy groups -OCH3 is 2. The highest BCUT2D eigenvalue weighted by molar-refractivity contribution is 5.99. The number of rotatable bonds is 5. The van der Waals surface area contributed by atoms with Gasteiger partial charge in [0.25, 0.3) is 11.6 Å².